The molecule has 0 spiro atoms. The SMILES string of the molecule is NC(=O)c1cc(Br)ccc1OCC1(O)CCOCC1. The first-order valence-corrected chi connectivity index (χ1v) is 6.82. The molecule has 1 saturated heterocycles. The number of halogens is 1. The van der Waals surface area contributed by atoms with Crippen LogP contribution in [0.4, 0.5) is 0 Å². The lowest BCUT2D eigenvalue weighted by Crippen LogP contribution is -2.41. The van der Waals surface area contributed by atoms with Gasteiger partial charge in [0.15, 0.2) is 0 Å². The molecule has 1 aliphatic heterocycles. The van der Waals surface area contributed by atoms with E-state index in [0.29, 0.717) is 37.4 Å². The molecule has 5 nitrogen and oxygen atoms in total. The summed E-state index contributed by atoms with van der Waals surface area (Å²) >= 11 is 3.27. The Hall–Kier alpha value is -1.11. The first kappa shape index (κ1) is 14.3. The average molecular weight is 330 g/mol. The summed E-state index contributed by atoms with van der Waals surface area (Å²) in [6.45, 7) is 1.16. The van der Waals surface area contributed by atoms with E-state index in [1.807, 2.05) is 0 Å². The normalized spacial score (nSPS) is 18.0. The average Bonchev–Trinajstić information content (AvgIpc) is 2.38. The molecule has 0 unspecified atom stereocenters. The van der Waals surface area contributed by atoms with Crippen LogP contribution in [0, 0.1) is 0 Å². The number of amides is 1. The number of ether oxygens (including phenoxy) is 2. The number of carbonyl (C=O) groups is 1. The van der Waals surface area contributed by atoms with Crippen LogP contribution in [0.25, 0.3) is 0 Å². The van der Waals surface area contributed by atoms with Crippen LogP contribution in [0.1, 0.15) is 23.2 Å². The second-order valence-electron chi connectivity index (χ2n) is 4.63. The van der Waals surface area contributed by atoms with Gasteiger partial charge < -0.3 is 20.3 Å². The maximum atomic E-state index is 11.3. The highest BCUT2D eigenvalue weighted by molar-refractivity contribution is 9.10. The Kier molecular flexibility index (Phi) is 4.44. The molecule has 1 aliphatic rings. The zero-order valence-electron chi connectivity index (χ0n) is 10.4. The van der Waals surface area contributed by atoms with Crippen molar-refractivity contribution in [3.8, 4) is 5.75 Å². The highest BCUT2D eigenvalue weighted by atomic mass is 79.9. The molecule has 1 amide bonds. The van der Waals surface area contributed by atoms with Gasteiger partial charge >= 0.3 is 0 Å². The van der Waals surface area contributed by atoms with E-state index >= 15 is 0 Å². The van der Waals surface area contributed by atoms with Gasteiger partial charge in [-0.3, -0.25) is 4.79 Å². The second-order valence-corrected chi connectivity index (χ2v) is 5.55. The quantitative estimate of drug-likeness (QED) is 0.876. The van der Waals surface area contributed by atoms with E-state index < -0.39 is 11.5 Å². The van der Waals surface area contributed by atoms with Gasteiger partial charge in [0.2, 0.25) is 0 Å². The van der Waals surface area contributed by atoms with Gasteiger partial charge in [-0.05, 0) is 18.2 Å². The fraction of sp³-hybridized carbons (Fsp3) is 0.462. The molecule has 0 radical (unpaired) electrons. The van der Waals surface area contributed by atoms with E-state index in [9.17, 15) is 9.90 Å². The summed E-state index contributed by atoms with van der Waals surface area (Å²) in [4.78, 5) is 11.3. The van der Waals surface area contributed by atoms with Crippen LogP contribution < -0.4 is 10.5 Å². The number of primary amides is 1. The maximum Gasteiger partial charge on any atom is 0.252 e. The van der Waals surface area contributed by atoms with Crippen molar-refractivity contribution in [1.82, 2.24) is 0 Å². The molecule has 0 bridgehead atoms. The third-order valence-electron chi connectivity index (χ3n) is 3.13. The molecule has 6 heteroatoms. The third kappa shape index (κ3) is 3.68. The maximum absolute atomic E-state index is 11.3. The highest BCUT2D eigenvalue weighted by Crippen LogP contribution is 2.26. The Labute approximate surface area is 119 Å². The number of nitrogens with two attached hydrogens (primary N) is 1. The van der Waals surface area contributed by atoms with E-state index in [2.05, 4.69) is 15.9 Å². The monoisotopic (exact) mass is 329 g/mol. The van der Waals surface area contributed by atoms with Crippen LogP contribution in [0.2, 0.25) is 0 Å². The summed E-state index contributed by atoms with van der Waals surface area (Å²) in [5.74, 6) is -0.175. The summed E-state index contributed by atoms with van der Waals surface area (Å²) in [7, 11) is 0. The molecular weight excluding hydrogens is 314 g/mol. The number of carbonyl (C=O) groups excluding carboxylic acids is 1. The molecule has 2 rings (SSSR count). The first-order valence-electron chi connectivity index (χ1n) is 6.02. The van der Waals surface area contributed by atoms with Crippen molar-refractivity contribution in [2.75, 3.05) is 19.8 Å². The van der Waals surface area contributed by atoms with Gasteiger partial charge in [0.05, 0.1) is 5.56 Å². The van der Waals surface area contributed by atoms with E-state index in [4.69, 9.17) is 15.2 Å². The number of hydrogen-bond acceptors (Lipinski definition) is 4. The van der Waals surface area contributed by atoms with Gasteiger partial charge in [-0.1, -0.05) is 15.9 Å². The van der Waals surface area contributed by atoms with Gasteiger partial charge in [0, 0.05) is 30.5 Å². The Morgan fingerprint density at radius 2 is 2.16 bits per heavy atom. The number of benzene rings is 1. The van der Waals surface area contributed by atoms with Crippen molar-refractivity contribution in [3.63, 3.8) is 0 Å². The molecular formula is C13H16BrNO4. The highest BCUT2D eigenvalue weighted by Gasteiger charge is 2.31. The van der Waals surface area contributed by atoms with Crippen LogP contribution in [0.5, 0.6) is 5.75 Å². The molecule has 1 aromatic carbocycles. The van der Waals surface area contributed by atoms with E-state index in [-0.39, 0.29) is 6.61 Å². The number of rotatable bonds is 4. The van der Waals surface area contributed by atoms with E-state index in [1.54, 1.807) is 18.2 Å². The first-order chi connectivity index (χ1) is 9.00. The predicted octanol–water partition coefficient (Wildman–Crippen LogP) is 1.47. The van der Waals surface area contributed by atoms with Crippen LogP contribution in [-0.2, 0) is 4.74 Å². The molecule has 0 atom stereocenters. The molecule has 1 aromatic rings. The largest absolute Gasteiger partial charge is 0.490 e. The van der Waals surface area contributed by atoms with Crippen molar-refractivity contribution < 1.29 is 19.4 Å². The smallest absolute Gasteiger partial charge is 0.252 e. The Bertz CT molecular complexity index is 472. The lowest BCUT2D eigenvalue weighted by molar-refractivity contribution is -0.0856. The molecule has 1 heterocycles. The topological polar surface area (TPSA) is 81.8 Å². The van der Waals surface area contributed by atoms with Crippen LogP contribution in [-0.4, -0.2) is 36.4 Å². The molecule has 104 valence electrons. The molecule has 0 aromatic heterocycles. The van der Waals surface area contributed by atoms with Gasteiger partial charge in [-0.15, -0.1) is 0 Å². The molecule has 0 saturated carbocycles. The Balaban J connectivity index is 2.08. The molecule has 0 aliphatic carbocycles. The molecule has 19 heavy (non-hydrogen) atoms. The van der Waals surface area contributed by atoms with Gasteiger partial charge in [0.1, 0.15) is 18.0 Å². The zero-order chi connectivity index (χ0) is 13.9. The summed E-state index contributed by atoms with van der Waals surface area (Å²) in [6, 6.07) is 5.02. The van der Waals surface area contributed by atoms with Crippen molar-refractivity contribution in [2.45, 2.75) is 18.4 Å². The molecule has 1 fully saturated rings. The van der Waals surface area contributed by atoms with E-state index in [1.165, 1.54) is 0 Å². The van der Waals surface area contributed by atoms with Crippen molar-refractivity contribution in [1.29, 1.82) is 0 Å². The summed E-state index contributed by atoms with van der Waals surface area (Å²) in [5.41, 5.74) is 4.70. The van der Waals surface area contributed by atoms with Gasteiger partial charge in [0.25, 0.3) is 5.91 Å². The second kappa shape index (κ2) is 5.90. The Morgan fingerprint density at radius 3 is 2.79 bits per heavy atom. The summed E-state index contributed by atoms with van der Waals surface area (Å²) < 4.78 is 11.5. The minimum absolute atomic E-state index is 0.123. The van der Waals surface area contributed by atoms with Crippen molar-refractivity contribution in [3.05, 3.63) is 28.2 Å². The van der Waals surface area contributed by atoms with Crippen molar-refractivity contribution in [2.24, 2.45) is 5.73 Å². The zero-order valence-corrected chi connectivity index (χ0v) is 12.0. The fourth-order valence-electron chi connectivity index (χ4n) is 1.93. The lowest BCUT2D eigenvalue weighted by Gasteiger charge is -2.31. The van der Waals surface area contributed by atoms with Crippen LogP contribution >= 0.6 is 15.9 Å². The third-order valence-corrected chi connectivity index (χ3v) is 3.62. The number of aliphatic hydroxyl groups is 1. The van der Waals surface area contributed by atoms with E-state index in [0.717, 1.165) is 4.47 Å². The molecule has 3 N–H and O–H groups in total. The predicted molar refractivity (Wildman–Crippen MR) is 73.2 cm³/mol. The van der Waals surface area contributed by atoms with Gasteiger partial charge in [-0.25, -0.2) is 0 Å². The minimum atomic E-state index is -0.903. The summed E-state index contributed by atoms with van der Waals surface area (Å²) in [6.07, 6.45) is 1.05. The standard InChI is InChI=1S/C13H16BrNO4/c14-9-1-2-11(10(7-9)12(15)16)19-8-13(17)3-5-18-6-4-13/h1-2,7,17H,3-6,8H2,(H2,15,16). The minimum Gasteiger partial charge on any atom is -0.490 e. The van der Waals surface area contributed by atoms with Crippen molar-refractivity contribution >= 4 is 21.8 Å². The lowest BCUT2D eigenvalue weighted by atomic mass is 9.96. The van der Waals surface area contributed by atoms with Crippen LogP contribution in [0.3, 0.4) is 0 Å². The fourth-order valence-corrected chi connectivity index (χ4v) is 2.29. The number of hydrogen-bond donors (Lipinski definition) is 2. The van der Waals surface area contributed by atoms with Crippen LogP contribution in [0.15, 0.2) is 22.7 Å². The van der Waals surface area contributed by atoms with Gasteiger partial charge in [-0.2, -0.15) is 0 Å². The summed E-state index contributed by atoms with van der Waals surface area (Å²) in [5, 5.41) is 10.3. The Morgan fingerprint density at radius 1 is 1.47 bits per heavy atom.